The number of hydrogen-bond acceptors (Lipinski definition) is 6. The largest absolute Gasteiger partial charge is 0.495 e. The Morgan fingerprint density at radius 2 is 1.81 bits per heavy atom. The molecule has 168 valence electrons. The number of nitrogens with one attached hydrogen (secondary N) is 1. The molecule has 2 aromatic carbocycles. The normalized spacial score (nSPS) is 15.1. The number of benzene rings is 2. The van der Waals surface area contributed by atoms with Crippen LogP contribution in [0.1, 0.15) is 18.1 Å². The maximum atomic E-state index is 12.5. The van der Waals surface area contributed by atoms with Gasteiger partial charge in [-0.25, -0.2) is 4.79 Å². The summed E-state index contributed by atoms with van der Waals surface area (Å²) < 4.78 is 10.7. The molecule has 1 aromatic heterocycles. The lowest BCUT2D eigenvalue weighted by molar-refractivity contribution is -0.117. The summed E-state index contributed by atoms with van der Waals surface area (Å²) >= 11 is 0. The molecule has 1 aliphatic heterocycles. The Morgan fingerprint density at radius 1 is 1.06 bits per heavy atom. The molecular formula is C25H29N3O4. The lowest BCUT2D eigenvalue weighted by Gasteiger charge is -2.34. The summed E-state index contributed by atoms with van der Waals surface area (Å²) in [6.45, 7) is 6.38. The minimum atomic E-state index is -0.316. The fourth-order valence-electron chi connectivity index (χ4n) is 4.11. The maximum absolute atomic E-state index is 12.5. The molecule has 0 aliphatic carbocycles. The number of amides is 1. The SMILES string of the molecule is CCc1ccc2oc(=O)cc(CN3CCN(CC(=O)Nc4ccccc4OC)CC3)c2c1. The van der Waals surface area contributed by atoms with E-state index in [2.05, 4.69) is 28.1 Å². The first-order valence-corrected chi connectivity index (χ1v) is 11.0. The minimum Gasteiger partial charge on any atom is -0.495 e. The van der Waals surface area contributed by atoms with Gasteiger partial charge in [0.25, 0.3) is 0 Å². The second-order valence-electron chi connectivity index (χ2n) is 8.08. The summed E-state index contributed by atoms with van der Waals surface area (Å²) in [7, 11) is 1.59. The van der Waals surface area contributed by atoms with Gasteiger partial charge in [0, 0.05) is 44.2 Å². The summed E-state index contributed by atoms with van der Waals surface area (Å²) in [5.41, 5.74) is 3.21. The third kappa shape index (κ3) is 5.18. The molecule has 2 heterocycles. The van der Waals surface area contributed by atoms with E-state index in [1.807, 2.05) is 36.4 Å². The molecule has 32 heavy (non-hydrogen) atoms. The lowest BCUT2D eigenvalue weighted by Crippen LogP contribution is -2.48. The molecule has 0 bridgehead atoms. The molecule has 7 heteroatoms. The van der Waals surface area contributed by atoms with Crippen molar-refractivity contribution in [3.63, 3.8) is 0 Å². The van der Waals surface area contributed by atoms with Gasteiger partial charge in [0.2, 0.25) is 5.91 Å². The van der Waals surface area contributed by atoms with Crippen LogP contribution in [0.5, 0.6) is 5.75 Å². The third-order valence-electron chi connectivity index (χ3n) is 5.91. The monoisotopic (exact) mass is 435 g/mol. The predicted molar refractivity (Wildman–Crippen MR) is 125 cm³/mol. The highest BCUT2D eigenvalue weighted by Crippen LogP contribution is 2.23. The number of hydrogen-bond donors (Lipinski definition) is 1. The Kier molecular flexibility index (Phi) is 6.87. The van der Waals surface area contributed by atoms with Crippen molar-refractivity contribution in [1.29, 1.82) is 0 Å². The Morgan fingerprint density at radius 3 is 2.56 bits per heavy atom. The van der Waals surface area contributed by atoms with Gasteiger partial charge in [-0.3, -0.25) is 14.6 Å². The van der Waals surface area contributed by atoms with Crippen molar-refractivity contribution in [3.8, 4) is 5.75 Å². The second-order valence-corrected chi connectivity index (χ2v) is 8.08. The van der Waals surface area contributed by atoms with Crippen LogP contribution < -0.4 is 15.7 Å². The van der Waals surface area contributed by atoms with Crippen molar-refractivity contribution in [2.45, 2.75) is 19.9 Å². The van der Waals surface area contributed by atoms with Crippen LogP contribution in [-0.4, -0.2) is 55.5 Å². The number of methoxy groups -OCH3 is 1. The van der Waals surface area contributed by atoms with Gasteiger partial charge in [0.05, 0.1) is 19.3 Å². The van der Waals surface area contributed by atoms with Gasteiger partial charge in [0.15, 0.2) is 0 Å². The summed E-state index contributed by atoms with van der Waals surface area (Å²) in [5, 5.41) is 3.93. The van der Waals surface area contributed by atoms with Crippen molar-refractivity contribution in [1.82, 2.24) is 9.80 Å². The lowest BCUT2D eigenvalue weighted by atomic mass is 10.0. The first kappa shape index (κ1) is 22.0. The number of para-hydroxylation sites is 2. The van der Waals surface area contributed by atoms with Crippen LogP contribution in [-0.2, 0) is 17.8 Å². The summed E-state index contributed by atoms with van der Waals surface area (Å²) in [6.07, 6.45) is 0.935. The first-order chi connectivity index (χ1) is 15.6. The van der Waals surface area contributed by atoms with Crippen molar-refractivity contribution < 1.29 is 13.9 Å². The van der Waals surface area contributed by atoms with E-state index in [0.29, 0.717) is 30.1 Å². The number of anilines is 1. The molecule has 4 rings (SSSR count). The number of aryl methyl sites for hydroxylation is 1. The highest BCUT2D eigenvalue weighted by molar-refractivity contribution is 5.93. The smallest absolute Gasteiger partial charge is 0.336 e. The molecule has 1 amide bonds. The van der Waals surface area contributed by atoms with Crippen LogP contribution in [0.2, 0.25) is 0 Å². The number of carbonyl (C=O) groups is 1. The third-order valence-corrected chi connectivity index (χ3v) is 5.91. The fraction of sp³-hybridized carbons (Fsp3) is 0.360. The van der Waals surface area contributed by atoms with Gasteiger partial charge in [-0.2, -0.15) is 0 Å². The molecule has 1 N–H and O–H groups in total. The Labute approximate surface area is 187 Å². The Bertz CT molecular complexity index is 1150. The Hall–Kier alpha value is -3.16. The highest BCUT2D eigenvalue weighted by atomic mass is 16.5. The van der Waals surface area contributed by atoms with E-state index in [1.165, 1.54) is 5.56 Å². The fourth-order valence-corrected chi connectivity index (χ4v) is 4.11. The molecule has 0 unspecified atom stereocenters. The van der Waals surface area contributed by atoms with Crippen molar-refractivity contribution in [3.05, 3.63) is 70.1 Å². The van der Waals surface area contributed by atoms with E-state index >= 15 is 0 Å². The van der Waals surface area contributed by atoms with Gasteiger partial charge in [0.1, 0.15) is 11.3 Å². The van der Waals surface area contributed by atoms with Crippen molar-refractivity contribution >= 4 is 22.6 Å². The van der Waals surface area contributed by atoms with E-state index < -0.39 is 0 Å². The average molecular weight is 436 g/mol. The molecular weight excluding hydrogens is 406 g/mol. The van der Waals surface area contributed by atoms with Crippen LogP contribution in [0.3, 0.4) is 0 Å². The quantitative estimate of drug-likeness (QED) is 0.575. The number of ether oxygens (including phenoxy) is 1. The van der Waals surface area contributed by atoms with Crippen LogP contribution in [0, 0.1) is 0 Å². The van der Waals surface area contributed by atoms with Crippen LogP contribution in [0.4, 0.5) is 5.69 Å². The number of carbonyl (C=O) groups excluding carboxylic acids is 1. The van der Waals surface area contributed by atoms with Gasteiger partial charge < -0.3 is 14.5 Å². The van der Waals surface area contributed by atoms with E-state index in [4.69, 9.17) is 9.15 Å². The molecule has 1 saturated heterocycles. The molecule has 0 spiro atoms. The molecule has 0 atom stereocenters. The molecule has 0 radical (unpaired) electrons. The van der Waals surface area contributed by atoms with E-state index in [1.54, 1.807) is 13.2 Å². The maximum Gasteiger partial charge on any atom is 0.336 e. The van der Waals surface area contributed by atoms with Crippen molar-refractivity contribution in [2.24, 2.45) is 0 Å². The second kappa shape index (κ2) is 9.97. The highest BCUT2D eigenvalue weighted by Gasteiger charge is 2.20. The zero-order valence-corrected chi connectivity index (χ0v) is 18.6. The summed E-state index contributed by atoms with van der Waals surface area (Å²) in [5.74, 6) is 0.596. The number of fused-ring (bicyclic) bond motifs is 1. The van der Waals surface area contributed by atoms with Crippen LogP contribution in [0.25, 0.3) is 11.0 Å². The minimum absolute atomic E-state index is 0.0540. The molecule has 0 saturated carbocycles. The number of nitrogens with zero attached hydrogens (tertiary/aromatic N) is 2. The number of rotatable bonds is 7. The summed E-state index contributed by atoms with van der Waals surface area (Å²) in [6, 6.07) is 15.0. The first-order valence-electron chi connectivity index (χ1n) is 11.0. The summed E-state index contributed by atoms with van der Waals surface area (Å²) in [4.78, 5) is 29.0. The predicted octanol–water partition coefficient (Wildman–Crippen LogP) is 3.12. The molecule has 3 aromatic rings. The van der Waals surface area contributed by atoms with Gasteiger partial charge in [-0.1, -0.05) is 25.1 Å². The van der Waals surface area contributed by atoms with Crippen LogP contribution in [0.15, 0.2) is 57.7 Å². The van der Waals surface area contributed by atoms with Gasteiger partial charge >= 0.3 is 5.63 Å². The van der Waals surface area contributed by atoms with Crippen LogP contribution >= 0.6 is 0 Å². The zero-order valence-electron chi connectivity index (χ0n) is 18.6. The topological polar surface area (TPSA) is 75.0 Å². The van der Waals surface area contributed by atoms with E-state index in [-0.39, 0.29) is 11.5 Å². The molecule has 7 nitrogen and oxygen atoms in total. The average Bonchev–Trinajstić information content (AvgIpc) is 2.80. The Balaban J connectivity index is 1.35. The zero-order chi connectivity index (χ0) is 22.5. The van der Waals surface area contributed by atoms with Crippen molar-refractivity contribution in [2.75, 3.05) is 45.2 Å². The van der Waals surface area contributed by atoms with E-state index in [0.717, 1.165) is 43.5 Å². The molecule has 1 aliphatic rings. The standard InChI is InChI=1S/C25H29N3O4/c1-3-18-8-9-22-20(14-18)19(15-25(30)32-22)16-27-10-12-28(13-11-27)17-24(29)26-21-6-4-5-7-23(21)31-2/h4-9,14-15H,3,10-13,16-17H2,1-2H3,(H,26,29). The van der Waals surface area contributed by atoms with E-state index in [9.17, 15) is 9.59 Å². The van der Waals surface area contributed by atoms with Gasteiger partial charge in [-0.05, 0) is 41.8 Å². The number of piperazine rings is 1. The molecule has 1 fully saturated rings. The van der Waals surface area contributed by atoms with Gasteiger partial charge in [-0.15, -0.1) is 0 Å².